The van der Waals surface area contributed by atoms with Crippen LogP contribution in [0.25, 0.3) is 0 Å². The zero-order chi connectivity index (χ0) is 19.3. The summed E-state index contributed by atoms with van der Waals surface area (Å²) in [6, 6.07) is 5.46. The van der Waals surface area contributed by atoms with Crippen LogP contribution in [-0.4, -0.2) is 5.91 Å². The average Bonchev–Trinajstić information content (AvgIpc) is 3.02. The van der Waals surface area contributed by atoms with E-state index in [4.69, 9.17) is 23.2 Å². The highest BCUT2D eigenvalue weighted by molar-refractivity contribution is 7.16. The largest absolute Gasteiger partial charge is 0.353 e. The predicted molar refractivity (Wildman–Crippen MR) is 114 cm³/mol. The van der Waals surface area contributed by atoms with Crippen LogP contribution in [0.3, 0.4) is 0 Å². The second-order valence-corrected chi connectivity index (χ2v) is 10.1. The molecule has 2 aromatic rings. The lowest BCUT2D eigenvalue weighted by Gasteiger charge is -2.36. The van der Waals surface area contributed by atoms with Gasteiger partial charge in [-0.1, -0.05) is 56.5 Å². The van der Waals surface area contributed by atoms with Crippen molar-refractivity contribution in [3.63, 3.8) is 0 Å². The van der Waals surface area contributed by atoms with Gasteiger partial charge >= 0.3 is 0 Å². The molecular weight excluding hydrogens is 399 g/mol. The molecule has 0 fully saturated rings. The Balaban J connectivity index is 1.63. The van der Waals surface area contributed by atoms with Crippen molar-refractivity contribution in [1.29, 1.82) is 0 Å². The summed E-state index contributed by atoms with van der Waals surface area (Å²) in [7, 11) is 0. The number of anilines is 1. The number of amides is 1. The Morgan fingerprint density at radius 1 is 1.22 bits per heavy atom. The summed E-state index contributed by atoms with van der Waals surface area (Å²) in [4.78, 5) is 14.3. The molecule has 1 aromatic carbocycles. The minimum Gasteiger partial charge on any atom is -0.353 e. The average molecular weight is 423 g/mol. The van der Waals surface area contributed by atoms with Gasteiger partial charge in [0.1, 0.15) is 11.2 Å². The Morgan fingerprint density at radius 3 is 2.70 bits per heavy atom. The number of thiophene rings is 1. The number of nitrogens with one attached hydrogen (secondary N) is 2. The van der Waals surface area contributed by atoms with E-state index in [0.29, 0.717) is 21.4 Å². The summed E-state index contributed by atoms with van der Waals surface area (Å²) in [6.45, 7) is 6.99. The molecule has 1 aromatic heterocycles. The van der Waals surface area contributed by atoms with E-state index in [9.17, 15) is 4.79 Å². The lowest BCUT2D eigenvalue weighted by Crippen LogP contribution is -2.38. The minimum atomic E-state index is -0.289. The van der Waals surface area contributed by atoms with Crippen LogP contribution in [0.1, 0.15) is 66.1 Å². The van der Waals surface area contributed by atoms with Gasteiger partial charge in [0.15, 0.2) is 0 Å². The second-order valence-electron chi connectivity index (χ2n) is 8.21. The molecular formula is C21H24Cl2N2OS. The van der Waals surface area contributed by atoms with Crippen molar-refractivity contribution in [1.82, 2.24) is 5.32 Å². The van der Waals surface area contributed by atoms with E-state index in [2.05, 4.69) is 31.4 Å². The fourth-order valence-corrected chi connectivity index (χ4v) is 5.77. The van der Waals surface area contributed by atoms with Gasteiger partial charge in [-0.15, -0.1) is 11.3 Å². The molecule has 3 nitrogen and oxygen atoms in total. The highest BCUT2D eigenvalue weighted by Gasteiger charge is 2.37. The van der Waals surface area contributed by atoms with Crippen LogP contribution in [-0.2, 0) is 12.8 Å². The van der Waals surface area contributed by atoms with E-state index in [1.807, 2.05) is 6.07 Å². The van der Waals surface area contributed by atoms with Gasteiger partial charge in [-0.25, -0.2) is 0 Å². The summed E-state index contributed by atoms with van der Waals surface area (Å²) in [5, 5.41) is 8.57. The van der Waals surface area contributed by atoms with Crippen molar-refractivity contribution in [2.24, 2.45) is 11.3 Å². The molecule has 1 aliphatic heterocycles. The fraction of sp³-hybridized carbons (Fsp3) is 0.476. The molecule has 0 unspecified atom stereocenters. The summed E-state index contributed by atoms with van der Waals surface area (Å²) in [5.41, 5.74) is 3.33. The van der Waals surface area contributed by atoms with Crippen LogP contribution in [0.4, 0.5) is 5.00 Å². The highest BCUT2D eigenvalue weighted by Crippen LogP contribution is 2.47. The Labute approximate surface area is 174 Å². The van der Waals surface area contributed by atoms with Crippen LogP contribution in [0.5, 0.6) is 0 Å². The third-order valence-electron chi connectivity index (χ3n) is 6.34. The molecule has 6 heteroatoms. The predicted octanol–water partition coefficient (Wildman–Crippen LogP) is 6.45. The van der Waals surface area contributed by atoms with Gasteiger partial charge in [0.2, 0.25) is 0 Å². The highest BCUT2D eigenvalue weighted by atomic mass is 35.5. The Bertz CT molecular complexity index is 906. The Kier molecular flexibility index (Phi) is 4.94. The second kappa shape index (κ2) is 6.98. The standard InChI is InChI=1S/C21H24Cl2N2OS/c1-4-21(2,3)12-6-7-13-16(10-12)27-20-17(13)19(26)24-18(25-20)11-5-8-14(22)15(23)9-11/h5,8-9,12,18,25H,4,6-7,10H2,1-3H3,(H,24,26)/t12-,18-/m0/s1. The molecule has 0 bridgehead atoms. The third kappa shape index (κ3) is 3.37. The molecule has 0 spiro atoms. The van der Waals surface area contributed by atoms with Gasteiger partial charge in [0, 0.05) is 4.88 Å². The smallest absolute Gasteiger partial charge is 0.256 e. The third-order valence-corrected chi connectivity index (χ3v) is 8.26. The van der Waals surface area contributed by atoms with E-state index in [1.54, 1.807) is 23.5 Å². The molecule has 1 aliphatic carbocycles. The van der Waals surface area contributed by atoms with Crippen LogP contribution in [0, 0.1) is 11.3 Å². The summed E-state index contributed by atoms with van der Waals surface area (Å²) >= 11 is 13.9. The van der Waals surface area contributed by atoms with E-state index < -0.39 is 0 Å². The van der Waals surface area contributed by atoms with Crippen molar-refractivity contribution >= 4 is 45.4 Å². The quantitative estimate of drug-likeness (QED) is 0.596. The van der Waals surface area contributed by atoms with E-state index >= 15 is 0 Å². The molecule has 0 saturated carbocycles. The molecule has 1 amide bonds. The van der Waals surface area contributed by atoms with Crippen LogP contribution >= 0.6 is 34.5 Å². The van der Waals surface area contributed by atoms with Crippen LogP contribution < -0.4 is 10.6 Å². The summed E-state index contributed by atoms with van der Waals surface area (Å²) < 4.78 is 0. The summed E-state index contributed by atoms with van der Waals surface area (Å²) in [6.07, 6.45) is 4.10. The maximum Gasteiger partial charge on any atom is 0.256 e. The van der Waals surface area contributed by atoms with Gasteiger partial charge < -0.3 is 10.6 Å². The molecule has 2 aliphatic rings. The first-order chi connectivity index (χ1) is 12.8. The minimum absolute atomic E-state index is 0.00511. The first-order valence-electron chi connectivity index (χ1n) is 9.47. The van der Waals surface area contributed by atoms with Crippen LogP contribution in [0.15, 0.2) is 18.2 Å². The van der Waals surface area contributed by atoms with E-state index in [0.717, 1.165) is 35.4 Å². The lowest BCUT2D eigenvalue weighted by atomic mass is 9.69. The van der Waals surface area contributed by atoms with Gasteiger partial charge in [0.05, 0.1) is 15.6 Å². The summed E-state index contributed by atoms with van der Waals surface area (Å²) in [5.74, 6) is 0.676. The number of benzene rings is 1. The molecule has 2 N–H and O–H groups in total. The molecule has 27 heavy (non-hydrogen) atoms. The number of hydrogen-bond acceptors (Lipinski definition) is 3. The Morgan fingerprint density at radius 2 is 2.00 bits per heavy atom. The number of carbonyl (C=O) groups is 1. The maximum atomic E-state index is 12.9. The number of hydrogen-bond donors (Lipinski definition) is 2. The first-order valence-corrected chi connectivity index (χ1v) is 11.0. The van der Waals surface area contributed by atoms with Crippen molar-refractivity contribution in [2.45, 2.75) is 52.6 Å². The molecule has 2 heterocycles. The molecule has 0 saturated heterocycles. The Hall–Kier alpha value is -1.23. The topological polar surface area (TPSA) is 41.1 Å². The van der Waals surface area contributed by atoms with Crippen molar-refractivity contribution in [3.05, 3.63) is 49.8 Å². The first kappa shape index (κ1) is 19.1. The molecule has 144 valence electrons. The van der Waals surface area contributed by atoms with E-state index in [-0.39, 0.29) is 12.1 Å². The van der Waals surface area contributed by atoms with E-state index in [1.165, 1.54) is 16.9 Å². The van der Waals surface area contributed by atoms with Gasteiger partial charge in [-0.2, -0.15) is 0 Å². The fourth-order valence-electron chi connectivity index (χ4n) is 4.11. The zero-order valence-corrected chi connectivity index (χ0v) is 18.1. The number of halogens is 2. The van der Waals surface area contributed by atoms with Crippen molar-refractivity contribution in [2.75, 3.05) is 5.32 Å². The number of fused-ring (bicyclic) bond motifs is 3. The van der Waals surface area contributed by atoms with Gasteiger partial charge in [-0.3, -0.25) is 4.79 Å². The normalized spacial score (nSPS) is 21.9. The monoisotopic (exact) mass is 422 g/mol. The number of carbonyl (C=O) groups excluding carboxylic acids is 1. The lowest BCUT2D eigenvalue weighted by molar-refractivity contribution is 0.0934. The SMILES string of the molecule is CCC(C)(C)[C@H]1CCc2c(sc3c2C(=O)N[C@H](c2ccc(Cl)c(Cl)c2)N3)C1. The van der Waals surface area contributed by atoms with Gasteiger partial charge in [-0.05, 0) is 53.9 Å². The van der Waals surface area contributed by atoms with Crippen LogP contribution in [0.2, 0.25) is 10.0 Å². The maximum absolute atomic E-state index is 12.9. The number of rotatable bonds is 3. The molecule has 0 radical (unpaired) electrons. The zero-order valence-electron chi connectivity index (χ0n) is 15.8. The molecule has 4 rings (SSSR count). The van der Waals surface area contributed by atoms with Gasteiger partial charge in [0.25, 0.3) is 5.91 Å². The molecule has 2 atom stereocenters. The van der Waals surface area contributed by atoms with Crippen molar-refractivity contribution < 1.29 is 4.79 Å². The van der Waals surface area contributed by atoms with Crippen molar-refractivity contribution in [3.8, 4) is 0 Å².